The summed E-state index contributed by atoms with van der Waals surface area (Å²) in [5, 5.41) is 0. The molecule has 0 radical (unpaired) electrons. The van der Waals surface area contributed by atoms with Gasteiger partial charge in [0.2, 0.25) is 5.91 Å². The van der Waals surface area contributed by atoms with Crippen molar-refractivity contribution in [3.8, 4) is 5.75 Å². The van der Waals surface area contributed by atoms with Crippen molar-refractivity contribution in [2.24, 2.45) is 5.92 Å². The first-order valence-corrected chi connectivity index (χ1v) is 8.39. The van der Waals surface area contributed by atoms with Gasteiger partial charge in [-0.1, -0.05) is 0 Å². The lowest BCUT2D eigenvalue weighted by Gasteiger charge is -2.35. The van der Waals surface area contributed by atoms with E-state index in [4.69, 9.17) is 4.74 Å². The minimum Gasteiger partial charge on any atom is -0.491 e. The molecule has 5 heteroatoms. The smallest absolute Gasteiger partial charge is 0.253 e. The van der Waals surface area contributed by atoms with E-state index >= 15 is 0 Å². The summed E-state index contributed by atoms with van der Waals surface area (Å²) < 4.78 is 5.59. The highest BCUT2D eigenvalue weighted by molar-refractivity contribution is 5.94. The van der Waals surface area contributed by atoms with E-state index in [1.165, 1.54) is 0 Å². The summed E-state index contributed by atoms with van der Waals surface area (Å²) >= 11 is 0. The molecule has 1 aromatic rings. The van der Waals surface area contributed by atoms with Gasteiger partial charge in [-0.05, 0) is 51.0 Å². The van der Waals surface area contributed by atoms with Gasteiger partial charge in [-0.15, -0.1) is 0 Å². The highest BCUT2D eigenvalue weighted by Gasteiger charge is 2.35. The predicted molar refractivity (Wildman–Crippen MR) is 87.4 cm³/mol. The van der Waals surface area contributed by atoms with E-state index < -0.39 is 0 Å². The lowest BCUT2D eigenvalue weighted by molar-refractivity contribution is -0.134. The van der Waals surface area contributed by atoms with Crippen LogP contribution in [0.3, 0.4) is 0 Å². The number of rotatable bonds is 4. The number of amides is 2. The highest BCUT2D eigenvalue weighted by Crippen LogP contribution is 2.31. The van der Waals surface area contributed by atoms with Crippen LogP contribution in [-0.2, 0) is 4.79 Å². The number of ether oxygens (including phenoxy) is 1. The number of piperazine rings is 1. The zero-order chi connectivity index (χ0) is 16.4. The second-order valence-electron chi connectivity index (χ2n) is 6.58. The molecule has 0 bridgehead atoms. The number of hydrogen-bond acceptors (Lipinski definition) is 3. The third kappa shape index (κ3) is 3.84. The van der Waals surface area contributed by atoms with Crippen molar-refractivity contribution in [2.45, 2.75) is 32.8 Å². The summed E-state index contributed by atoms with van der Waals surface area (Å²) in [5.74, 6) is 1.33. The predicted octanol–water partition coefficient (Wildman–Crippen LogP) is 2.17. The van der Waals surface area contributed by atoms with Crippen LogP contribution in [0, 0.1) is 5.92 Å². The average molecular weight is 316 g/mol. The largest absolute Gasteiger partial charge is 0.491 e. The number of carbonyl (C=O) groups excluding carboxylic acids is 2. The van der Waals surface area contributed by atoms with E-state index in [0.29, 0.717) is 31.7 Å². The second-order valence-corrected chi connectivity index (χ2v) is 6.58. The zero-order valence-corrected chi connectivity index (χ0v) is 13.8. The molecule has 1 saturated carbocycles. The van der Waals surface area contributed by atoms with Gasteiger partial charge >= 0.3 is 0 Å². The fourth-order valence-corrected chi connectivity index (χ4v) is 2.85. The molecule has 1 aliphatic heterocycles. The Labute approximate surface area is 137 Å². The fourth-order valence-electron chi connectivity index (χ4n) is 2.85. The SMILES string of the molecule is CC(C)Oc1ccc(C(=O)N2CCN(C(=O)C3CC3)CC2)cc1. The van der Waals surface area contributed by atoms with E-state index in [2.05, 4.69) is 0 Å². The Morgan fingerprint density at radius 1 is 1.00 bits per heavy atom. The summed E-state index contributed by atoms with van der Waals surface area (Å²) in [4.78, 5) is 28.3. The van der Waals surface area contributed by atoms with Gasteiger partial charge in [0.1, 0.15) is 5.75 Å². The number of benzene rings is 1. The van der Waals surface area contributed by atoms with Crippen LogP contribution in [0.2, 0.25) is 0 Å². The standard InChI is InChI=1S/C18H24N2O3/c1-13(2)23-16-7-5-15(6-8-16)18(22)20-11-9-19(10-12-20)17(21)14-3-4-14/h5-8,13-14H,3-4,9-12H2,1-2H3. The maximum atomic E-state index is 12.5. The van der Waals surface area contributed by atoms with Crippen molar-refractivity contribution in [2.75, 3.05) is 26.2 Å². The summed E-state index contributed by atoms with van der Waals surface area (Å²) in [6, 6.07) is 7.28. The molecule has 1 aliphatic carbocycles. The summed E-state index contributed by atoms with van der Waals surface area (Å²) in [6.07, 6.45) is 2.18. The van der Waals surface area contributed by atoms with Crippen molar-refractivity contribution in [1.29, 1.82) is 0 Å². The molecule has 2 fully saturated rings. The van der Waals surface area contributed by atoms with Gasteiger partial charge in [-0.25, -0.2) is 0 Å². The van der Waals surface area contributed by atoms with Gasteiger partial charge in [-0.2, -0.15) is 0 Å². The normalized spacial score (nSPS) is 18.2. The van der Waals surface area contributed by atoms with Crippen molar-refractivity contribution >= 4 is 11.8 Å². The first-order chi connectivity index (χ1) is 11.0. The van der Waals surface area contributed by atoms with Gasteiger partial charge < -0.3 is 14.5 Å². The molecule has 0 unspecified atom stereocenters. The van der Waals surface area contributed by atoms with Crippen LogP contribution in [0.5, 0.6) is 5.75 Å². The average Bonchev–Trinajstić information content (AvgIpc) is 3.39. The first-order valence-electron chi connectivity index (χ1n) is 8.39. The Kier molecular flexibility index (Phi) is 4.55. The molecule has 1 heterocycles. The Morgan fingerprint density at radius 2 is 1.57 bits per heavy atom. The molecular formula is C18H24N2O3. The van der Waals surface area contributed by atoms with Crippen LogP contribution < -0.4 is 4.74 Å². The van der Waals surface area contributed by atoms with E-state index in [1.54, 1.807) is 0 Å². The van der Waals surface area contributed by atoms with Gasteiger partial charge in [0.05, 0.1) is 6.10 Å². The lowest BCUT2D eigenvalue weighted by Crippen LogP contribution is -2.51. The number of hydrogen-bond donors (Lipinski definition) is 0. The van der Waals surface area contributed by atoms with Gasteiger partial charge in [-0.3, -0.25) is 9.59 Å². The van der Waals surface area contributed by atoms with E-state index in [-0.39, 0.29) is 23.8 Å². The maximum absolute atomic E-state index is 12.5. The third-order valence-corrected chi connectivity index (χ3v) is 4.28. The Balaban J connectivity index is 1.55. The number of nitrogens with zero attached hydrogens (tertiary/aromatic N) is 2. The summed E-state index contributed by atoms with van der Waals surface area (Å²) in [6.45, 7) is 6.47. The van der Waals surface area contributed by atoms with Crippen molar-refractivity contribution in [3.05, 3.63) is 29.8 Å². The minimum absolute atomic E-state index is 0.0274. The molecule has 2 amide bonds. The maximum Gasteiger partial charge on any atom is 0.253 e. The topological polar surface area (TPSA) is 49.9 Å². The Hall–Kier alpha value is -2.04. The van der Waals surface area contributed by atoms with Crippen LogP contribution >= 0.6 is 0 Å². The van der Waals surface area contributed by atoms with Crippen LogP contribution in [0.15, 0.2) is 24.3 Å². The molecule has 1 saturated heterocycles. The molecule has 5 nitrogen and oxygen atoms in total. The molecule has 0 atom stereocenters. The molecule has 3 rings (SSSR count). The van der Waals surface area contributed by atoms with Crippen LogP contribution in [-0.4, -0.2) is 53.9 Å². The molecule has 0 aromatic heterocycles. The van der Waals surface area contributed by atoms with Crippen LogP contribution in [0.1, 0.15) is 37.0 Å². The Morgan fingerprint density at radius 3 is 2.09 bits per heavy atom. The lowest BCUT2D eigenvalue weighted by atomic mass is 10.1. The quantitative estimate of drug-likeness (QED) is 0.855. The van der Waals surface area contributed by atoms with E-state index in [1.807, 2.05) is 47.9 Å². The molecule has 1 aromatic carbocycles. The monoisotopic (exact) mass is 316 g/mol. The molecule has 124 valence electrons. The van der Waals surface area contributed by atoms with Crippen molar-refractivity contribution in [3.63, 3.8) is 0 Å². The third-order valence-electron chi connectivity index (χ3n) is 4.28. The van der Waals surface area contributed by atoms with Gasteiger partial charge in [0.15, 0.2) is 0 Å². The highest BCUT2D eigenvalue weighted by atomic mass is 16.5. The van der Waals surface area contributed by atoms with Gasteiger partial charge in [0.25, 0.3) is 5.91 Å². The first kappa shape index (κ1) is 15.8. The Bertz CT molecular complexity index is 570. The fraction of sp³-hybridized carbons (Fsp3) is 0.556. The molecule has 23 heavy (non-hydrogen) atoms. The van der Waals surface area contributed by atoms with Crippen LogP contribution in [0.4, 0.5) is 0 Å². The van der Waals surface area contributed by atoms with Crippen molar-refractivity contribution in [1.82, 2.24) is 9.80 Å². The number of carbonyl (C=O) groups is 2. The zero-order valence-electron chi connectivity index (χ0n) is 13.8. The molecule has 2 aliphatic rings. The molecular weight excluding hydrogens is 292 g/mol. The van der Waals surface area contributed by atoms with Crippen LogP contribution in [0.25, 0.3) is 0 Å². The van der Waals surface area contributed by atoms with Crippen molar-refractivity contribution < 1.29 is 14.3 Å². The summed E-state index contributed by atoms with van der Waals surface area (Å²) in [5.41, 5.74) is 0.670. The molecule has 0 spiro atoms. The molecule has 0 N–H and O–H groups in total. The van der Waals surface area contributed by atoms with E-state index in [0.717, 1.165) is 18.6 Å². The second kappa shape index (κ2) is 6.60. The van der Waals surface area contributed by atoms with Gasteiger partial charge in [0, 0.05) is 37.7 Å². The van der Waals surface area contributed by atoms with E-state index in [9.17, 15) is 9.59 Å². The summed E-state index contributed by atoms with van der Waals surface area (Å²) in [7, 11) is 0. The minimum atomic E-state index is 0.0274.